The summed E-state index contributed by atoms with van der Waals surface area (Å²) in [5.74, 6) is 0. The third-order valence-electron chi connectivity index (χ3n) is 0. The molecule has 0 bridgehead atoms. The van der Waals surface area contributed by atoms with Crippen LogP contribution in [0.2, 0.25) is 0 Å². The number of nitrogens with zero attached hydrogens (tertiary/aromatic N) is 1. The zero-order chi connectivity index (χ0) is 3.58. The fourth-order valence-electron chi connectivity index (χ4n) is 0. The van der Waals surface area contributed by atoms with E-state index >= 15 is 0 Å². The van der Waals surface area contributed by atoms with Crippen molar-refractivity contribution < 1.29 is 45.9 Å². The van der Waals surface area contributed by atoms with Crippen molar-refractivity contribution in [2.24, 2.45) is 0 Å². The molecule has 6 heavy (non-hydrogen) atoms. The molecule has 0 heterocycles. The SMILES string of the molecule is O=[N+]([O-])[O-].[NH4+].[Nd+3]. The summed E-state index contributed by atoms with van der Waals surface area (Å²) in [6, 6.07) is 0. The van der Waals surface area contributed by atoms with Crippen molar-refractivity contribution in [3.05, 3.63) is 15.3 Å². The van der Waals surface area contributed by atoms with Gasteiger partial charge in [-0.15, -0.1) is 0 Å². The Balaban J connectivity index is -0.0000000450. The molecule has 0 rings (SSSR count). The summed E-state index contributed by atoms with van der Waals surface area (Å²) < 4.78 is 0. The Bertz CT molecular complexity index is 31.8. The van der Waals surface area contributed by atoms with Crippen LogP contribution in [0.3, 0.4) is 0 Å². The average molecular weight is 224 g/mol. The monoisotopic (exact) mass is 222 g/mol. The van der Waals surface area contributed by atoms with Crippen molar-refractivity contribution >= 4 is 0 Å². The zero-order valence-corrected chi connectivity index (χ0v) is 6.38. The van der Waals surface area contributed by atoms with E-state index in [1.807, 2.05) is 0 Å². The molecule has 0 aliphatic carbocycles. The molecular formula is H4N2NdO3+3. The molecule has 0 aromatic carbocycles. The van der Waals surface area contributed by atoms with Crippen molar-refractivity contribution in [2.75, 3.05) is 0 Å². The second kappa shape index (κ2) is 9.10. The van der Waals surface area contributed by atoms with Crippen LogP contribution in [0, 0.1) is 56.2 Å². The maximum absolute atomic E-state index is 8.25. The molecule has 0 saturated heterocycles. The summed E-state index contributed by atoms with van der Waals surface area (Å²) in [6.07, 6.45) is 0. The van der Waals surface area contributed by atoms with E-state index in [1.54, 1.807) is 0 Å². The van der Waals surface area contributed by atoms with Gasteiger partial charge in [-0.25, -0.2) is 0 Å². The van der Waals surface area contributed by atoms with E-state index in [4.69, 9.17) is 15.3 Å². The molecule has 0 amide bonds. The van der Waals surface area contributed by atoms with Crippen LogP contribution in [-0.4, -0.2) is 5.09 Å². The van der Waals surface area contributed by atoms with Crippen molar-refractivity contribution in [2.45, 2.75) is 0 Å². The van der Waals surface area contributed by atoms with E-state index in [0.717, 1.165) is 0 Å². The normalized spacial score (nSPS) is 4.00. The molecule has 0 aliphatic heterocycles. The molecule has 0 aliphatic rings. The van der Waals surface area contributed by atoms with Crippen LogP contribution in [-0.2, 0) is 0 Å². The summed E-state index contributed by atoms with van der Waals surface area (Å²) in [5, 5.41) is 14.8. The summed E-state index contributed by atoms with van der Waals surface area (Å²) in [4.78, 5) is 8.25. The van der Waals surface area contributed by atoms with E-state index in [0.29, 0.717) is 0 Å². The fraction of sp³-hybridized carbons (Fsp3) is 0. The first-order chi connectivity index (χ1) is 1.73. The molecular weight excluding hydrogens is 220 g/mol. The van der Waals surface area contributed by atoms with Crippen molar-refractivity contribution in [3.63, 3.8) is 0 Å². The van der Waals surface area contributed by atoms with Gasteiger partial charge in [-0.3, -0.25) is 0 Å². The first kappa shape index (κ1) is 16.0. The van der Waals surface area contributed by atoms with Gasteiger partial charge in [0.25, 0.3) is 0 Å². The minimum atomic E-state index is -1.75. The smallest absolute Gasteiger partial charge is 0.369 e. The van der Waals surface area contributed by atoms with Gasteiger partial charge in [0.15, 0.2) is 0 Å². The Morgan fingerprint density at radius 1 is 1.33 bits per heavy atom. The summed E-state index contributed by atoms with van der Waals surface area (Å²) >= 11 is 0. The summed E-state index contributed by atoms with van der Waals surface area (Å²) in [7, 11) is 0. The van der Waals surface area contributed by atoms with Gasteiger partial charge in [0, 0.05) is 0 Å². The zero-order valence-electron chi connectivity index (χ0n) is 3.17. The first-order valence-electron chi connectivity index (χ1n) is 0.548. The maximum Gasteiger partial charge on any atom is 3.00 e. The van der Waals surface area contributed by atoms with E-state index < -0.39 is 5.09 Å². The van der Waals surface area contributed by atoms with Gasteiger partial charge in [-0.2, -0.15) is 0 Å². The van der Waals surface area contributed by atoms with Gasteiger partial charge in [0.1, 0.15) is 0 Å². The largest absolute Gasteiger partial charge is 3.00 e. The van der Waals surface area contributed by atoms with Crippen LogP contribution in [0.5, 0.6) is 0 Å². The first-order valence-corrected chi connectivity index (χ1v) is 0.548. The van der Waals surface area contributed by atoms with E-state index in [1.165, 1.54) is 0 Å². The molecule has 0 aromatic heterocycles. The van der Waals surface area contributed by atoms with E-state index in [-0.39, 0.29) is 47.0 Å². The Labute approximate surface area is 66.9 Å². The van der Waals surface area contributed by atoms with Gasteiger partial charge >= 0.3 is 40.8 Å². The van der Waals surface area contributed by atoms with Gasteiger partial charge in [0.2, 0.25) is 0 Å². The molecule has 4 N–H and O–H groups in total. The summed E-state index contributed by atoms with van der Waals surface area (Å²) in [6.45, 7) is 0. The molecule has 0 spiro atoms. The molecule has 0 atom stereocenters. The van der Waals surface area contributed by atoms with Crippen LogP contribution in [0.25, 0.3) is 0 Å². The quantitative estimate of drug-likeness (QED) is 0.467. The Hall–Kier alpha value is 0.511. The van der Waals surface area contributed by atoms with Gasteiger partial charge in [0.05, 0.1) is 5.09 Å². The number of rotatable bonds is 0. The maximum atomic E-state index is 8.25. The minimum Gasteiger partial charge on any atom is -0.369 e. The van der Waals surface area contributed by atoms with E-state index in [2.05, 4.69) is 0 Å². The molecule has 0 fully saturated rings. The van der Waals surface area contributed by atoms with Crippen LogP contribution in [0.15, 0.2) is 0 Å². The van der Waals surface area contributed by atoms with Crippen LogP contribution in [0.4, 0.5) is 0 Å². The van der Waals surface area contributed by atoms with Crippen molar-refractivity contribution in [1.82, 2.24) is 6.15 Å². The molecule has 0 aromatic rings. The Morgan fingerprint density at radius 3 is 1.33 bits per heavy atom. The van der Waals surface area contributed by atoms with Crippen molar-refractivity contribution in [1.29, 1.82) is 0 Å². The molecule has 33 valence electrons. The van der Waals surface area contributed by atoms with Gasteiger partial charge in [-0.1, -0.05) is 0 Å². The van der Waals surface area contributed by atoms with Crippen LogP contribution < -0.4 is 6.15 Å². The minimum absolute atomic E-state index is 0. The topological polar surface area (TPSA) is 103 Å². The fourth-order valence-corrected chi connectivity index (χ4v) is 0. The summed E-state index contributed by atoms with van der Waals surface area (Å²) in [5.41, 5.74) is 0. The Kier molecular flexibility index (Phi) is 24.3. The molecule has 6 heteroatoms. The second-order valence-corrected chi connectivity index (χ2v) is 0.224. The standard InChI is InChI=1S/NO3.H3N.Nd/c2-1(3)4;;/h;1H3;/q-1;;+3/p+1. The average Bonchev–Trinajstić information content (AvgIpc) is 0.811. The third kappa shape index (κ3) is 213. The number of hydrogen-bond donors (Lipinski definition) is 1. The third-order valence-corrected chi connectivity index (χ3v) is 0. The van der Waals surface area contributed by atoms with Gasteiger partial charge < -0.3 is 21.5 Å². The molecule has 5 nitrogen and oxygen atoms in total. The van der Waals surface area contributed by atoms with E-state index in [9.17, 15) is 0 Å². The number of hydrogen-bond acceptors (Lipinski definition) is 3. The van der Waals surface area contributed by atoms with Crippen LogP contribution in [0.1, 0.15) is 0 Å². The molecule has 0 saturated carbocycles. The molecule has 0 unspecified atom stereocenters. The predicted molar refractivity (Wildman–Crippen MR) is 16.3 cm³/mol. The van der Waals surface area contributed by atoms with Crippen LogP contribution >= 0.6 is 0 Å². The number of quaternary nitrogens is 1. The predicted octanol–water partition coefficient (Wildman–Crippen LogP) is 0.137. The molecule has 1 radical (unpaired) electrons. The second-order valence-electron chi connectivity index (χ2n) is 0.224. The van der Waals surface area contributed by atoms with Gasteiger partial charge in [-0.05, 0) is 0 Å². The Morgan fingerprint density at radius 2 is 1.33 bits per heavy atom. The van der Waals surface area contributed by atoms with Crippen molar-refractivity contribution in [3.8, 4) is 0 Å².